The summed E-state index contributed by atoms with van der Waals surface area (Å²) in [4.78, 5) is 58.2. The molecule has 1 atom stereocenters. The highest BCUT2D eigenvalue weighted by Gasteiger charge is 2.58. The minimum atomic E-state index is -1.32. The number of nitrogens with zero attached hydrogens (tertiary/aromatic N) is 6. The molecule has 198 valence electrons. The number of rotatable bonds is 4. The van der Waals surface area contributed by atoms with Gasteiger partial charge in [-0.25, -0.2) is 15.0 Å². The Morgan fingerprint density at radius 2 is 1.95 bits per heavy atom. The Hall–Kier alpha value is -4.61. The fraction of sp³-hybridized carbons (Fsp3) is 0.370. The van der Waals surface area contributed by atoms with Crippen LogP contribution in [0, 0.1) is 6.92 Å². The second-order valence-electron chi connectivity index (χ2n) is 10.5. The summed E-state index contributed by atoms with van der Waals surface area (Å²) in [6, 6.07) is 7.52. The van der Waals surface area contributed by atoms with Gasteiger partial charge in [0.2, 0.25) is 17.7 Å². The van der Waals surface area contributed by atoms with Gasteiger partial charge in [-0.1, -0.05) is 37.5 Å². The van der Waals surface area contributed by atoms with Crippen LogP contribution in [0.3, 0.4) is 0 Å². The van der Waals surface area contributed by atoms with Gasteiger partial charge in [-0.15, -0.1) is 0 Å². The number of nitrogens with one attached hydrogen (secondary N) is 3. The number of para-hydroxylation sites is 1. The number of amides is 3. The molecule has 3 aromatic heterocycles. The maximum Gasteiger partial charge on any atom is 0.243 e. The zero-order valence-corrected chi connectivity index (χ0v) is 21.4. The Morgan fingerprint density at radius 1 is 1.13 bits per heavy atom. The molecule has 1 aliphatic carbocycles. The number of aromatic amines is 1. The van der Waals surface area contributed by atoms with Gasteiger partial charge in [0.05, 0.1) is 12.0 Å². The van der Waals surface area contributed by atoms with E-state index in [0.29, 0.717) is 45.3 Å². The summed E-state index contributed by atoms with van der Waals surface area (Å²) < 4.78 is 1.53. The van der Waals surface area contributed by atoms with Crippen LogP contribution in [0.2, 0.25) is 0 Å². The predicted octanol–water partition coefficient (Wildman–Crippen LogP) is 2.27. The third-order valence-electron chi connectivity index (χ3n) is 8.11. The molecule has 2 aliphatic heterocycles. The van der Waals surface area contributed by atoms with Crippen LogP contribution >= 0.6 is 0 Å². The number of H-pyrrole nitrogens is 1. The number of carbonyl (C=O) groups is 3. The average molecular weight is 526 g/mol. The second kappa shape index (κ2) is 8.72. The molecule has 0 unspecified atom stereocenters. The quantitative estimate of drug-likeness (QED) is 0.370. The number of carbonyl (C=O) groups excluding carboxylic acids is 3. The molecule has 4 aromatic rings. The van der Waals surface area contributed by atoms with Crippen molar-refractivity contribution in [3.8, 4) is 5.82 Å². The number of anilines is 2. The van der Waals surface area contributed by atoms with Gasteiger partial charge in [0.15, 0.2) is 11.5 Å². The van der Waals surface area contributed by atoms with E-state index >= 15 is 0 Å². The van der Waals surface area contributed by atoms with Gasteiger partial charge in [-0.2, -0.15) is 9.78 Å². The Labute approximate surface area is 223 Å². The Balaban J connectivity index is 1.34. The Morgan fingerprint density at radius 3 is 2.79 bits per heavy atom. The third kappa shape index (κ3) is 3.47. The molecule has 12 heteroatoms. The van der Waals surface area contributed by atoms with Crippen molar-refractivity contribution in [2.24, 2.45) is 0 Å². The van der Waals surface area contributed by atoms with E-state index in [9.17, 15) is 14.4 Å². The van der Waals surface area contributed by atoms with Crippen LogP contribution in [-0.4, -0.2) is 60.0 Å². The molecule has 5 heterocycles. The summed E-state index contributed by atoms with van der Waals surface area (Å²) in [6.07, 6.45) is 8.08. The first-order valence-electron chi connectivity index (χ1n) is 13.2. The second-order valence-corrected chi connectivity index (χ2v) is 10.5. The van der Waals surface area contributed by atoms with Gasteiger partial charge in [-0.05, 0) is 31.4 Å². The smallest absolute Gasteiger partial charge is 0.243 e. The number of imidazole rings is 1. The monoisotopic (exact) mass is 525 g/mol. The zero-order chi connectivity index (χ0) is 26.7. The molecule has 0 saturated heterocycles. The van der Waals surface area contributed by atoms with Crippen LogP contribution in [0.4, 0.5) is 11.5 Å². The molecule has 1 spiro atoms. The number of benzene rings is 1. The van der Waals surface area contributed by atoms with Crippen molar-refractivity contribution in [3.63, 3.8) is 0 Å². The zero-order valence-electron chi connectivity index (χ0n) is 21.4. The van der Waals surface area contributed by atoms with Gasteiger partial charge in [-0.3, -0.25) is 14.4 Å². The Bertz CT molecular complexity index is 1650. The van der Waals surface area contributed by atoms with Crippen LogP contribution in [-0.2, 0) is 19.8 Å². The third-order valence-corrected chi connectivity index (χ3v) is 8.11. The molecule has 3 N–H and O–H groups in total. The molecular formula is C27H27N9O3. The largest absolute Gasteiger partial charge is 0.352 e. The average Bonchev–Trinajstić information content (AvgIpc) is 3.61. The number of fused-ring (bicyclic) bond motifs is 5. The normalized spacial score (nSPS) is 20.8. The van der Waals surface area contributed by atoms with Crippen molar-refractivity contribution in [2.75, 3.05) is 16.8 Å². The van der Waals surface area contributed by atoms with Crippen LogP contribution < -0.4 is 15.5 Å². The summed E-state index contributed by atoms with van der Waals surface area (Å²) >= 11 is 0. The minimum absolute atomic E-state index is 0.0909. The summed E-state index contributed by atoms with van der Waals surface area (Å²) in [5.74, 6) is -0.0554. The van der Waals surface area contributed by atoms with E-state index in [1.807, 2.05) is 31.2 Å². The number of hydrogen-bond acceptors (Lipinski definition) is 7. The molecule has 1 aromatic carbocycles. The lowest BCUT2D eigenvalue weighted by molar-refractivity contribution is -0.128. The minimum Gasteiger partial charge on any atom is -0.352 e. The van der Waals surface area contributed by atoms with Crippen molar-refractivity contribution in [3.05, 3.63) is 53.7 Å². The SMILES string of the molecule is Cc1nn(-c2ncnc3nc[nH]c23)c2c1[C@]1(CC(=O)N2)C(=O)N(CC(=O)NC2CCCCC2)c2ccccc21. The summed E-state index contributed by atoms with van der Waals surface area (Å²) in [5, 5.41) is 10.8. The topological polar surface area (TPSA) is 151 Å². The summed E-state index contributed by atoms with van der Waals surface area (Å²) in [7, 11) is 0. The molecule has 3 aliphatic rings. The number of aryl methyl sites for hydroxylation is 1. The van der Waals surface area contributed by atoms with Gasteiger partial charge < -0.3 is 20.5 Å². The van der Waals surface area contributed by atoms with E-state index in [0.717, 1.165) is 25.7 Å². The van der Waals surface area contributed by atoms with Crippen LogP contribution in [0.15, 0.2) is 36.9 Å². The van der Waals surface area contributed by atoms with Crippen molar-refractivity contribution >= 4 is 40.4 Å². The van der Waals surface area contributed by atoms with Crippen molar-refractivity contribution < 1.29 is 14.4 Å². The molecule has 39 heavy (non-hydrogen) atoms. The van der Waals surface area contributed by atoms with E-state index in [1.54, 1.807) is 0 Å². The first-order valence-corrected chi connectivity index (χ1v) is 13.2. The lowest BCUT2D eigenvalue weighted by Crippen LogP contribution is -2.50. The standard InChI is InChI=1S/C27H27N9O3/c1-15-21-24(36(34-15)25-22-23(29-13-28-22)30-14-31-25)33-19(37)11-27(21)17-9-5-6-10-18(17)35(26(27)39)12-20(38)32-16-7-3-2-4-8-16/h5-6,9-10,13-14,16H,2-4,7-8,11-12H2,1H3,(H,32,38)(H,33,37)(H,28,29,30,31)/t27-/m1/s1. The predicted molar refractivity (Wildman–Crippen MR) is 141 cm³/mol. The lowest BCUT2D eigenvalue weighted by atomic mass is 9.70. The molecule has 3 amide bonds. The highest BCUT2D eigenvalue weighted by atomic mass is 16.2. The highest BCUT2D eigenvalue weighted by Crippen LogP contribution is 2.53. The van der Waals surface area contributed by atoms with Crippen LogP contribution in [0.1, 0.15) is 55.3 Å². The number of aromatic nitrogens is 6. The van der Waals surface area contributed by atoms with Crippen molar-refractivity contribution in [2.45, 2.75) is 56.9 Å². The molecule has 1 fully saturated rings. The van der Waals surface area contributed by atoms with Gasteiger partial charge in [0, 0.05) is 23.7 Å². The molecule has 1 saturated carbocycles. The molecule has 0 bridgehead atoms. The maximum absolute atomic E-state index is 14.4. The van der Waals surface area contributed by atoms with E-state index in [4.69, 9.17) is 5.10 Å². The van der Waals surface area contributed by atoms with E-state index in [1.165, 1.54) is 28.7 Å². The number of hydrogen-bond donors (Lipinski definition) is 3. The van der Waals surface area contributed by atoms with E-state index < -0.39 is 5.41 Å². The molecule has 12 nitrogen and oxygen atoms in total. The molecular weight excluding hydrogens is 498 g/mol. The van der Waals surface area contributed by atoms with Crippen molar-refractivity contribution in [1.29, 1.82) is 0 Å². The lowest BCUT2D eigenvalue weighted by Gasteiger charge is -2.33. The first-order chi connectivity index (χ1) is 19.0. The summed E-state index contributed by atoms with van der Waals surface area (Å²) in [6.45, 7) is 1.70. The van der Waals surface area contributed by atoms with Gasteiger partial charge in [0.25, 0.3) is 0 Å². The summed E-state index contributed by atoms with van der Waals surface area (Å²) in [5.41, 5.74) is 2.18. The van der Waals surface area contributed by atoms with Gasteiger partial charge >= 0.3 is 0 Å². The fourth-order valence-electron chi connectivity index (χ4n) is 6.48. The fourth-order valence-corrected chi connectivity index (χ4v) is 6.48. The Kier molecular flexibility index (Phi) is 5.25. The highest BCUT2D eigenvalue weighted by molar-refractivity contribution is 6.17. The molecule has 7 rings (SSSR count). The van der Waals surface area contributed by atoms with Crippen LogP contribution in [0.25, 0.3) is 17.0 Å². The van der Waals surface area contributed by atoms with E-state index in [2.05, 4.69) is 30.6 Å². The molecule has 0 radical (unpaired) electrons. The van der Waals surface area contributed by atoms with Crippen molar-refractivity contribution in [1.82, 2.24) is 35.0 Å². The van der Waals surface area contributed by atoms with E-state index in [-0.39, 0.29) is 36.7 Å². The van der Waals surface area contributed by atoms with Gasteiger partial charge in [0.1, 0.15) is 29.6 Å². The van der Waals surface area contributed by atoms with Crippen LogP contribution in [0.5, 0.6) is 0 Å². The first kappa shape index (κ1) is 23.5. The maximum atomic E-state index is 14.4.